The van der Waals surface area contributed by atoms with E-state index < -0.39 is 79.8 Å². The van der Waals surface area contributed by atoms with Gasteiger partial charge >= 0.3 is 6.18 Å². The van der Waals surface area contributed by atoms with E-state index in [-0.39, 0.29) is 12.0 Å². The number of aliphatic hydroxyl groups excluding tert-OH is 1. The number of alkyl halides is 3. The van der Waals surface area contributed by atoms with Gasteiger partial charge in [0.1, 0.15) is 6.04 Å². The van der Waals surface area contributed by atoms with Gasteiger partial charge in [-0.2, -0.15) is 13.2 Å². The Balaban J connectivity index is 2.01. The highest BCUT2D eigenvalue weighted by Crippen LogP contribution is 2.24. The number of nitrogens with one attached hydrogen (secondary N) is 4. The van der Waals surface area contributed by atoms with Gasteiger partial charge in [-0.15, -0.1) is 0 Å². The second-order valence-electron chi connectivity index (χ2n) is 8.62. The Bertz CT molecular complexity index is 1170. The van der Waals surface area contributed by atoms with Crippen molar-refractivity contribution in [1.29, 1.82) is 0 Å². The van der Waals surface area contributed by atoms with Crippen molar-refractivity contribution in [2.24, 2.45) is 5.73 Å². The molecule has 7 N–H and O–H groups in total. The Morgan fingerprint density at radius 1 is 0.925 bits per heavy atom. The number of nitrogens with two attached hydrogens (primary N) is 1. The summed E-state index contributed by atoms with van der Waals surface area (Å²) < 4.78 is 38.9. The van der Waals surface area contributed by atoms with Crippen molar-refractivity contribution in [2.45, 2.75) is 43.6 Å². The Morgan fingerprint density at radius 2 is 1.57 bits per heavy atom. The van der Waals surface area contributed by atoms with Gasteiger partial charge in [0.05, 0.1) is 24.7 Å². The molecule has 216 valence electrons. The third kappa shape index (κ3) is 11.1. The van der Waals surface area contributed by atoms with Crippen LogP contribution in [0.1, 0.15) is 28.8 Å². The Kier molecular flexibility index (Phi) is 12.0. The van der Waals surface area contributed by atoms with Gasteiger partial charge in [0.25, 0.3) is 5.91 Å². The van der Waals surface area contributed by atoms with Crippen LogP contribution in [0.25, 0.3) is 0 Å². The van der Waals surface area contributed by atoms with Crippen LogP contribution in [0.2, 0.25) is 0 Å². The molecule has 0 bridgehead atoms. The lowest BCUT2D eigenvalue weighted by Gasteiger charge is -2.26. The highest BCUT2D eigenvalue weighted by Gasteiger charge is 2.44. The van der Waals surface area contributed by atoms with Crippen LogP contribution in [0.15, 0.2) is 54.9 Å². The van der Waals surface area contributed by atoms with E-state index >= 15 is 0 Å². The van der Waals surface area contributed by atoms with E-state index in [2.05, 4.69) is 20.9 Å². The summed E-state index contributed by atoms with van der Waals surface area (Å²) in [5.74, 6) is -4.15. The smallest absolute Gasteiger partial charge is 0.382 e. The number of halogens is 3. The van der Waals surface area contributed by atoms with Gasteiger partial charge in [0.15, 0.2) is 6.10 Å². The molecule has 40 heavy (non-hydrogen) atoms. The van der Waals surface area contributed by atoms with Crippen LogP contribution in [0.4, 0.5) is 13.2 Å². The Hall–Kier alpha value is -4.53. The third-order valence-electron chi connectivity index (χ3n) is 5.46. The van der Waals surface area contributed by atoms with E-state index in [0.717, 1.165) is 0 Å². The monoisotopic (exact) mass is 566 g/mol. The molecule has 5 amide bonds. The zero-order valence-corrected chi connectivity index (χ0v) is 21.1. The largest absolute Gasteiger partial charge is 0.416 e. The lowest BCUT2D eigenvalue weighted by molar-refractivity contribution is -0.212. The lowest BCUT2D eigenvalue weighted by Crippen LogP contribution is -2.54. The van der Waals surface area contributed by atoms with Crippen molar-refractivity contribution in [1.82, 2.24) is 26.3 Å². The Morgan fingerprint density at radius 3 is 2.17 bits per heavy atom. The maximum atomic E-state index is 13.0. The number of primary amides is 1. The normalized spacial score (nSPS) is 13.3. The molecule has 1 aromatic carbocycles. The lowest BCUT2D eigenvalue weighted by atomic mass is 10.0. The van der Waals surface area contributed by atoms with Gasteiger partial charge in [-0.05, 0) is 24.1 Å². The van der Waals surface area contributed by atoms with Crippen molar-refractivity contribution < 1.29 is 42.3 Å². The molecular weight excluding hydrogens is 537 g/mol. The van der Waals surface area contributed by atoms with E-state index in [1.807, 2.05) is 5.32 Å². The SMILES string of the molecule is NC(=O)CCC(NC(=O)CNC(=O)C(Cc1ccccc1)NC(=O)CNC(=O)c1cccnc1)C(O)C(F)(F)F. The summed E-state index contributed by atoms with van der Waals surface area (Å²) in [4.78, 5) is 64.6. The summed E-state index contributed by atoms with van der Waals surface area (Å²) in [6.07, 6.45) is -6.42. The number of nitrogens with zero attached hydrogens (tertiary/aromatic N) is 1. The Labute approximate surface area is 226 Å². The number of benzene rings is 1. The summed E-state index contributed by atoms with van der Waals surface area (Å²) in [6, 6.07) is 8.43. The van der Waals surface area contributed by atoms with Crippen LogP contribution >= 0.6 is 0 Å². The van der Waals surface area contributed by atoms with Crippen LogP contribution in [0.3, 0.4) is 0 Å². The maximum absolute atomic E-state index is 13.0. The summed E-state index contributed by atoms with van der Waals surface area (Å²) in [7, 11) is 0. The van der Waals surface area contributed by atoms with Gasteiger partial charge in [0.2, 0.25) is 23.6 Å². The van der Waals surface area contributed by atoms with Crippen LogP contribution in [0, 0.1) is 0 Å². The molecule has 0 aliphatic rings. The molecule has 0 saturated carbocycles. The number of carbonyl (C=O) groups is 5. The van der Waals surface area contributed by atoms with Gasteiger partial charge < -0.3 is 32.1 Å². The van der Waals surface area contributed by atoms with Gasteiger partial charge in [-0.3, -0.25) is 29.0 Å². The minimum atomic E-state index is -5.09. The van der Waals surface area contributed by atoms with E-state index in [4.69, 9.17) is 5.73 Å². The van der Waals surface area contributed by atoms with Crippen molar-refractivity contribution in [3.05, 3.63) is 66.0 Å². The van der Waals surface area contributed by atoms with E-state index in [0.29, 0.717) is 5.56 Å². The number of aliphatic hydroxyl groups is 1. The van der Waals surface area contributed by atoms with Crippen LogP contribution in [-0.2, 0) is 25.6 Å². The topological polar surface area (TPSA) is 193 Å². The first-order valence-corrected chi connectivity index (χ1v) is 12.0. The van der Waals surface area contributed by atoms with E-state index in [1.54, 1.807) is 30.3 Å². The molecule has 0 aliphatic carbocycles. The molecule has 0 spiro atoms. The molecular formula is C25H29F3N6O6. The molecule has 1 heterocycles. The summed E-state index contributed by atoms with van der Waals surface area (Å²) in [6.45, 7) is -1.28. The molecule has 12 nitrogen and oxygen atoms in total. The van der Waals surface area contributed by atoms with Crippen LogP contribution < -0.4 is 27.0 Å². The number of hydrogen-bond donors (Lipinski definition) is 6. The standard InChI is InChI=1S/C25H29F3N6O6/c26-25(27,28)22(38)17(8-9-19(29)35)33-20(36)14-32-24(40)18(11-15-5-2-1-3-6-15)34-21(37)13-31-23(39)16-7-4-10-30-12-16/h1-7,10,12,17-18,22,38H,8-9,11,13-14H2,(H2,29,35)(H,31,39)(H,32,40)(H,33,36)(H,34,37). The molecule has 2 aromatic rings. The number of amides is 5. The minimum absolute atomic E-state index is 0.00932. The zero-order chi connectivity index (χ0) is 29.7. The molecule has 0 aliphatic heterocycles. The average molecular weight is 567 g/mol. The van der Waals surface area contributed by atoms with Crippen molar-refractivity contribution in [2.75, 3.05) is 13.1 Å². The number of aromatic nitrogens is 1. The van der Waals surface area contributed by atoms with Gasteiger partial charge in [-0.1, -0.05) is 30.3 Å². The maximum Gasteiger partial charge on any atom is 0.416 e. The summed E-state index contributed by atoms with van der Waals surface area (Å²) in [5.41, 5.74) is 5.81. The number of carbonyl (C=O) groups excluding carboxylic acids is 5. The third-order valence-corrected chi connectivity index (χ3v) is 5.46. The molecule has 3 unspecified atom stereocenters. The predicted molar refractivity (Wildman–Crippen MR) is 134 cm³/mol. The van der Waals surface area contributed by atoms with Crippen molar-refractivity contribution in [3.63, 3.8) is 0 Å². The van der Waals surface area contributed by atoms with Gasteiger partial charge in [0, 0.05) is 25.2 Å². The molecule has 0 fully saturated rings. The number of pyridine rings is 1. The molecule has 3 atom stereocenters. The second-order valence-corrected chi connectivity index (χ2v) is 8.62. The molecule has 15 heteroatoms. The van der Waals surface area contributed by atoms with Crippen molar-refractivity contribution in [3.8, 4) is 0 Å². The number of rotatable bonds is 14. The summed E-state index contributed by atoms with van der Waals surface area (Å²) >= 11 is 0. The van der Waals surface area contributed by atoms with E-state index in [9.17, 15) is 42.3 Å². The molecule has 1 aromatic heterocycles. The quantitative estimate of drug-likeness (QED) is 0.175. The zero-order valence-electron chi connectivity index (χ0n) is 21.1. The molecule has 0 radical (unpaired) electrons. The van der Waals surface area contributed by atoms with E-state index in [1.165, 1.54) is 24.5 Å². The highest BCUT2D eigenvalue weighted by atomic mass is 19.4. The fraction of sp³-hybridized carbons (Fsp3) is 0.360. The van der Waals surface area contributed by atoms with Crippen molar-refractivity contribution >= 4 is 29.5 Å². The molecule has 0 saturated heterocycles. The average Bonchev–Trinajstić information content (AvgIpc) is 2.92. The highest BCUT2D eigenvalue weighted by molar-refractivity contribution is 5.97. The van der Waals surface area contributed by atoms with Gasteiger partial charge in [-0.25, -0.2) is 0 Å². The first kappa shape index (κ1) is 31.7. The van der Waals surface area contributed by atoms with Crippen LogP contribution in [0.5, 0.6) is 0 Å². The molecule has 2 rings (SSSR count). The number of hydrogen-bond acceptors (Lipinski definition) is 7. The first-order chi connectivity index (χ1) is 18.9. The second kappa shape index (κ2) is 15.2. The first-order valence-electron chi connectivity index (χ1n) is 12.0. The minimum Gasteiger partial charge on any atom is -0.382 e. The fourth-order valence-electron chi connectivity index (χ4n) is 3.45. The fourth-order valence-corrected chi connectivity index (χ4v) is 3.45. The van der Waals surface area contributed by atoms with Crippen LogP contribution in [-0.4, -0.2) is 77.1 Å². The predicted octanol–water partition coefficient (Wildman–Crippen LogP) is -0.671. The summed E-state index contributed by atoms with van der Waals surface area (Å²) in [5, 5.41) is 18.6.